The molecular weight excluding hydrogens is 368 g/mol. The Bertz CT molecular complexity index is 636. The summed E-state index contributed by atoms with van der Waals surface area (Å²) in [6, 6.07) is 0. The summed E-state index contributed by atoms with van der Waals surface area (Å²) in [5.74, 6) is 0.649. The molecule has 5 nitrogen and oxygen atoms in total. The first kappa shape index (κ1) is 22.5. The van der Waals surface area contributed by atoms with Crippen molar-refractivity contribution in [3.63, 3.8) is 0 Å². The highest BCUT2D eigenvalue weighted by Gasteiger charge is 2.51. The minimum absolute atomic E-state index is 0.0258. The second kappa shape index (κ2) is 8.49. The fraction of sp³-hybridized carbons (Fsp3) is 0.875. The molecule has 0 aromatic heterocycles. The Labute approximate surface area is 175 Å². The molecule has 0 aromatic rings. The Kier molecular flexibility index (Phi) is 6.57. The molecule has 164 valence electrons. The first-order valence-corrected chi connectivity index (χ1v) is 11.4. The van der Waals surface area contributed by atoms with Crippen LogP contribution in [-0.2, 0) is 23.9 Å². The Balaban J connectivity index is 1.71. The van der Waals surface area contributed by atoms with Gasteiger partial charge in [-0.1, -0.05) is 19.8 Å². The molecule has 2 bridgehead atoms. The predicted octanol–water partition coefficient (Wildman–Crippen LogP) is 4.50. The van der Waals surface area contributed by atoms with Crippen LogP contribution >= 0.6 is 0 Å². The van der Waals surface area contributed by atoms with Crippen LogP contribution in [0.3, 0.4) is 0 Å². The Hall–Kier alpha value is -1.23. The Morgan fingerprint density at radius 1 is 1.10 bits per heavy atom. The predicted molar refractivity (Wildman–Crippen MR) is 110 cm³/mol. The normalized spacial score (nSPS) is 37.8. The first-order valence-electron chi connectivity index (χ1n) is 11.4. The average molecular weight is 407 g/mol. The lowest BCUT2D eigenvalue weighted by Crippen LogP contribution is -2.49. The molecule has 0 saturated heterocycles. The highest BCUT2D eigenvalue weighted by molar-refractivity contribution is 5.92. The van der Waals surface area contributed by atoms with Gasteiger partial charge in [0, 0.05) is 30.3 Å². The van der Waals surface area contributed by atoms with Gasteiger partial charge in [-0.2, -0.15) is 0 Å². The molecule has 5 unspecified atom stereocenters. The molecule has 0 spiro atoms. The lowest BCUT2D eigenvalue weighted by atomic mass is 9.57. The Morgan fingerprint density at radius 2 is 1.72 bits per heavy atom. The minimum atomic E-state index is -0.738. The number of carbonyl (C=O) groups is 3. The zero-order valence-electron chi connectivity index (χ0n) is 18.8. The van der Waals surface area contributed by atoms with Gasteiger partial charge in [-0.25, -0.2) is 0 Å². The van der Waals surface area contributed by atoms with Crippen molar-refractivity contribution in [2.24, 2.45) is 29.1 Å². The van der Waals surface area contributed by atoms with Gasteiger partial charge in [0.2, 0.25) is 0 Å². The van der Waals surface area contributed by atoms with E-state index in [1.54, 1.807) is 14.0 Å². The second-order valence-corrected chi connectivity index (χ2v) is 10.5. The van der Waals surface area contributed by atoms with E-state index in [0.29, 0.717) is 24.5 Å². The van der Waals surface area contributed by atoms with Crippen molar-refractivity contribution < 1.29 is 23.9 Å². The van der Waals surface area contributed by atoms with E-state index < -0.39 is 11.0 Å². The Morgan fingerprint density at radius 3 is 2.28 bits per heavy atom. The van der Waals surface area contributed by atoms with Gasteiger partial charge in [0.25, 0.3) is 0 Å². The summed E-state index contributed by atoms with van der Waals surface area (Å²) in [6.45, 7) is 7.75. The number of carbonyl (C=O) groups excluding carboxylic acids is 3. The highest BCUT2D eigenvalue weighted by Crippen LogP contribution is 2.50. The van der Waals surface area contributed by atoms with Crippen molar-refractivity contribution in [3.8, 4) is 0 Å². The highest BCUT2D eigenvalue weighted by atomic mass is 16.6. The van der Waals surface area contributed by atoms with Crippen LogP contribution in [0.4, 0.5) is 0 Å². The third kappa shape index (κ3) is 4.60. The van der Waals surface area contributed by atoms with Gasteiger partial charge in [-0.15, -0.1) is 0 Å². The lowest BCUT2D eigenvalue weighted by molar-refractivity contribution is -0.177. The molecule has 0 aliphatic heterocycles. The van der Waals surface area contributed by atoms with Crippen LogP contribution in [0.15, 0.2) is 0 Å². The molecule has 3 aliphatic carbocycles. The van der Waals surface area contributed by atoms with E-state index >= 15 is 0 Å². The van der Waals surface area contributed by atoms with Crippen molar-refractivity contribution >= 4 is 17.5 Å². The third-order valence-electron chi connectivity index (χ3n) is 8.04. The van der Waals surface area contributed by atoms with Crippen LogP contribution < -0.4 is 0 Å². The average Bonchev–Trinajstić information content (AvgIpc) is 2.61. The van der Waals surface area contributed by atoms with Gasteiger partial charge in [-0.3, -0.25) is 14.4 Å². The maximum atomic E-state index is 13.0. The number of hydrogen-bond donors (Lipinski definition) is 0. The smallest absolute Gasteiger partial charge is 0.307 e. The molecule has 0 amide bonds. The topological polar surface area (TPSA) is 69.7 Å². The van der Waals surface area contributed by atoms with Crippen molar-refractivity contribution in [1.82, 2.24) is 0 Å². The number of hydrogen-bond acceptors (Lipinski definition) is 5. The first-order chi connectivity index (χ1) is 13.6. The number of Topliss-reactive ketones (excluding diaryl/α,β-unsaturated/α-hetero) is 2. The minimum Gasteiger partial charge on any atom is -0.459 e. The fourth-order valence-corrected chi connectivity index (χ4v) is 6.28. The van der Waals surface area contributed by atoms with Crippen LogP contribution in [-0.4, -0.2) is 36.4 Å². The molecule has 3 rings (SSSR count). The monoisotopic (exact) mass is 406 g/mol. The number of ether oxygens (including phenoxy) is 2. The number of esters is 1. The van der Waals surface area contributed by atoms with Gasteiger partial charge in [0.15, 0.2) is 0 Å². The van der Waals surface area contributed by atoms with Crippen LogP contribution in [0.1, 0.15) is 85.5 Å². The standard InChI is InChI=1S/C24H38O5/c1-15-9-10-19(20(11-15)28-5)23(3,4)29-21(26)14-24(16(2)25)12-17-7-6-8-18(13-24)22(17)27/h15,17-20H,6-14H2,1-5H3. The van der Waals surface area contributed by atoms with E-state index in [2.05, 4.69) is 6.92 Å². The number of ketones is 2. The van der Waals surface area contributed by atoms with Crippen LogP contribution in [0.2, 0.25) is 0 Å². The van der Waals surface area contributed by atoms with Gasteiger partial charge in [-0.05, 0) is 65.2 Å². The number of methoxy groups -OCH3 is 1. The summed E-state index contributed by atoms with van der Waals surface area (Å²) in [7, 11) is 1.73. The zero-order chi connectivity index (χ0) is 21.4. The zero-order valence-corrected chi connectivity index (χ0v) is 18.8. The summed E-state index contributed by atoms with van der Waals surface area (Å²) in [5.41, 5.74) is -1.38. The van der Waals surface area contributed by atoms with Crippen LogP contribution in [0.5, 0.6) is 0 Å². The lowest BCUT2D eigenvalue weighted by Gasteiger charge is -2.46. The van der Waals surface area contributed by atoms with E-state index in [9.17, 15) is 14.4 Å². The van der Waals surface area contributed by atoms with Gasteiger partial charge >= 0.3 is 5.97 Å². The van der Waals surface area contributed by atoms with E-state index in [4.69, 9.17) is 9.47 Å². The molecule has 0 N–H and O–H groups in total. The van der Waals surface area contributed by atoms with E-state index in [1.807, 2.05) is 13.8 Å². The molecule has 5 atom stereocenters. The molecule has 3 saturated carbocycles. The van der Waals surface area contributed by atoms with Crippen molar-refractivity contribution in [2.75, 3.05) is 7.11 Å². The molecular formula is C24H38O5. The summed E-state index contributed by atoms with van der Waals surface area (Å²) in [4.78, 5) is 38.2. The SMILES string of the molecule is COC1CC(C)CCC1C(C)(C)OC(=O)CC1(C(C)=O)CC2CCCC(C1)C2=O. The molecule has 5 heteroatoms. The number of fused-ring (bicyclic) bond motifs is 2. The van der Waals surface area contributed by atoms with E-state index in [0.717, 1.165) is 38.5 Å². The molecule has 3 aliphatic rings. The van der Waals surface area contributed by atoms with Gasteiger partial charge in [0.1, 0.15) is 17.2 Å². The van der Waals surface area contributed by atoms with Gasteiger partial charge < -0.3 is 9.47 Å². The van der Waals surface area contributed by atoms with E-state index in [-0.39, 0.29) is 42.0 Å². The molecule has 3 fully saturated rings. The summed E-state index contributed by atoms with van der Waals surface area (Å²) in [5, 5.41) is 0. The molecule has 29 heavy (non-hydrogen) atoms. The summed E-state index contributed by atoms with van der Waals surface area (Å²) < 4.78 is 11.7. The van der Waals surface area contributed by atoms with Crippen LogP contribution in [0, 0.1) is 29.1 Å². The molecule has 0 radical (unpaired) electrons. The van der Waals surface area contributed by atoms with Crippen molar-refractivity contribution in [2.45, 2.75) is 97.2 Å². The maximum Gasteiger partial charge on any atom is 0.307 e. The van der Waals surface area contributed by atoms with Gasteiger partial charge in [0.05, 0.1) is 12.5 Å². The third-order valence-corrected chi connectivity index (χ3v) is 8.04. The van der Waals surface area contributed by atoms with E-state index in [1.165, 1.54) is 0 Å². The largest absolute Gasteiger partial charge is 0.459 e. The second-order valence-electron chi connectivity index (χ2n) is 10.5. The van der Waals surface area contributed by atoms with Crippen LogP contribution in [0.25, 0.3) is 0 Å². The number of rotatable bonds is 6. The fourth-order valence-electron chi connectivity index (χ4n) is 6.28. The molecule has 0 aromatic carbocycles. The summed E-state index contributed by atoms with van der Waals surface area (Å²) >= 11 is 0. The van der Waals surface area contributed by atoms with Crippen molar-refractivity contribution in [1.29, 1.82) is 0 Å². The maximum absolute atomic E-state index is 13.0. The summed E-state index contributed by atoms with van der Waals surface area (Å²) in [6.07, 6.45) is 6.98. The quantitative estimate of drug-likeness (QED) is 0.607. The van der Waals surface area contributed by atoms with Crippen molar-refractivity contribution in [3.05, 3.63) is 0 Å². The molecule has 0 heterocycles.